The van der Waals surface area contributed by atoms with Crippen LogP contribution in [0.3, 0.4) is 0 Å². The van der Waals surface area contributed by atoms with Crippen LogP contribution in [-0.2, 0) is 10.0 Å². The van der Waals surface area contributed by atoms with Crippen LogP contribution in [0.4, 0.5) is 0 Å². The maximum Gasteiger partial charge on any atom is 0.342 e. The topological polar surface area (TPSA) is 135 Å². The number of hydrogen-bond donors (Lipinski definition) is 3. The third-order valence-electron chi connectivity index (χ3n) is 2.98. The van der Waals surface area contributed by atoms with Crippen molar-refractivity contribution in [2.24, 2.45) is 5.73 Å². The van der Waals surface area contributed by atoms with E-state index >= 15 is 0 Å². The van der Waals surface area contributed by atoms with Crippen molar-refractivity contribution >= 4 is 37.4 Å². The molecule has 1 amide bonds. The van der Waals surface area contributed by atoms with Gasteiger partial charge in [-0.25, -0.2) is 4.79 Å². The summed E-state index contributed by atoms with van der Waals surface area (Å²) in [5.74, 6) is -1.51. The molecule has 0 bridgehead atoms. The minimum Gasteiger partial charge on any atom is -0.493 e. The molecular weight excluding hydrogens is 330 g/mol. The Morgan fingerprint density at radius 2 is 2.00 bits per heavy atom. The van der Waals surface area contributed by atoms with Crippen LogP contribution in [0, 0.1) is 0 Å². The number of aromatic hydroxyl groups is 1. The summed E-state index contributed by atoms with van der Waals surface area (Å²) in [4.78, 5) is 25.2. The molecule has 0 saturated heterocycles. The molecule has 0 fully saturated rings. The Balaban J connectivity index is 2.39. The summed E-state index contributed by atoms with van der Waals surface area (Å²) in [6.07, 6.45) is 0.729. The van der Waals surface area contributed by atoms with Gasteiger partial charge in [-0.1, -0.05) is 18.2 Å². The van der Waals surface area contributed by atoms with Crippen LogP contribution >= 0.6 is 11.3 Å². The largest absolute Gasteiger partial charge is 0.493 e. The Morgan fingerprint density at radius 1 is 1.32 bits per heavy atom. The van der Waals surface area contributed by atoms with E-state index in [-0.39, 0.29) is 9.77 Å². The lowest BCUT2D eigenvalue weighted by molar-refractivity contribution is 0.0999. The first kappa shape index (κ1) is 14.4. The fraction of sp³-hybridized carbons (Fsp3) is 0. The van der Waals surface area contributed by atoms with Crippen LogP contribution in [0.2, 0.25) is 0 Å². The molecule has 0 aliphatic heterocycles. The lowest BCUT2D eigenvalue weighted by Gasteiger charge is -2.03. The number of primary amides is 1. The Bertz CT molecular complexity index is 1060. The summed E-state index contributed by atoms with van der Waals surface area (Å²) in [7, 11) is -4.36. The van der Waals surface area contributed by atoms with E-state index in [0.717, 1.165) is 17.5 Å². The third-order valence-corrected chi connectivity index (χ3v) is 6.29. The van der Waals surface area contributed by atoms with Crippen molar-refractivity contribution in [2.75, 3.05) is 0 Å². The van der Waals surface area contributed by atoms with Gasteiger partial charge in [-0.3, -0.25) is 9.78 Å². The molecule has 1 aromatic carbocycles. The Morgan fingerprint density at radius 3 is 2.59 bits per heavy atom. The van der Waals surface area contributed by atoms with Crippen LogP contribution in [0.25, 0.3) is 10.1 Å². The van der Waals surface area contributed by atoms with Gasteiger partial charge in [-0.15, -0.1) is 11.3 Å². The van der Waals surface area contributed by atoms with E-state index in [9.17, 15) is 23.1 Å². The van der Waals surface area contributed by atoms with Gasteiger partial charge in [-0.05, 0) is 6.07 Å². The summed E-state index contributed by atoms with van der Waals surface area (Å²) >= 11 is 0.828. The summed E-state index contributed by atoms with van der Waals surface area (Å²) in [5, 5.41) is 9.63. The molecule has 3 aromatic rings. The van der Waals surface area contributed by atoms with Gasteiger partial charge in [0.25, 0.3) is 15.9 Å². The Labute approximate surface area is 127 Å². The number of fused-ring (bicyclic) bond motifs is 1. The van der Waals surface area contributed by atoms with Crippen LogP contribution in [0.1, 0.15) is 10.4 Å². The number of nitrogens with two attached hydrogens (primary N) is 1. The predicted molar refractivity (Wildman–Crippen MR) is 79.6 cm³/mol. The van der Waals surface area contributed by atoms with Gasteiger partial charge in [0.2, 0.25) is 5.88 Å². The number of hydrogen-bond acceptors (Lipinski definition) is 6. The van der Waals surface area contributed by atoms with E-state index in [1.54, 1.807) is 24.3 Å². The normalized spacial score (nSPS) is 11.8. The minimum atomic E-state index is -4.36. The second-order valence-corrected chi connectivity index (χ2v) is 7.43. The average molecular weight is 339 g/mol. The quantitative estimate of drug-likeness (QED) is 0.636. The molecule has 2 heterocycles. The summed E-state index contributed by atoms with van der Waals surface area (Å²) < 4.78 is 25.7. The minimum absolute atomic E-state index is 0.173. The SMILES string of the molecule is NC(=O)c1c(S(=O)(=O)n2cc(O)[nH]c2=O)sc2ccccc12. The standard InChI is InChI=1S/C12H9N3O5S2/c13-10(17)9-6-3-1-2-4-7(6)21-11(9)22(19,20)15-5-8(16)14-12(15)18/h1-5,16H,(H2,13,17)(H,14,18). The molecule has 2 aromatic heterocycles. The molecular formula is C12H9N3O5S2. The fourth-order valence-electron chi connectivity index (χ4n) is 2.07. The molecule has 10 heteroatoms. The molecule has 22 heavy (non-hydrogen) atoms. The molecule has 3 rings (SSSR count). The highest BCUT2D eigenvalue weighted by Crippen LogP contribution is 2.35. The van der Waals surface area contributed by atoms with Gasteiger partial charge in [-0.2, -0.15) is 12.4 Å². The highest BCUT2D eigenvalue weighted by atomic mass is 32.2. The van der Waals surface area contributed by atoms with Gasteiger partial charge in [0.1, 0.15) is 0 Å². The van der Waals surface area contributed by atoms with Crippen LogP contribution in [-0.4, -0.2) is 28.4 Å². The van der Waals surface area contributed by atoms with Gasteiger partial charge in [0.15, 0.2) is 4.21 Å². The lowest BCUT2D eigenvalue weighted by atomic mass is 10.2. The van der Waals surface area contributed by atoms with E-state index < -0.39 is 27.5 Å². The Kier molecular flexibility index (Phi) is 3.07. The molecule has 0 aliphatic rings. The van der Waals surface area contributed by atoms with Gasteiger partial charge < -0.3 is 10.8 Å². The average Bonchev–Trinajstić information content (AvgIpc) is 2.99. The lowest BCUT2D eigenvalue weighted by Crippen LogP contribution is -2.26. The predicted octanol–water partition coefficient (Wildman–Crippen LogP) is 0.433. The number of imidazole rings is 1. The Hall–Kier alpha value is -2.59. The second kappa shape index (κ2) is 4.71. The molecule has 4 N–H and O–H groups in total. The maximum atomic E-state index is 12.6. The van der Waals surface area contributed by atoms with E-state index in [1.807, 2.05) is 4.98 Å². The molecule has 0 radical (unpaired) electrons. The van der Waals surface area contributed by atoms with Crippen molar-refractivity contribution in [2.45, 2.75) is 4.21 Å². The number of aromatic amines is 1. The molecule has 0 atom stereocenters. The van der Waals surface area contributed by atoms with Crippen LogP contribution < -0.4 is 11.4 Å². The number of carbonyl (C=O) groups excluding carboxylic acids is 1. The molecule has 0 unspecified atom stereocenters. The van der Waals surface area contributed by atoms with E-state index in [1.165, 1.54) is 0 Å². The molecule has 8 nitrogen and oxygen atoms in total. The summed E-state index contributed by atoms with van der Waals surface area (Å²) in [6, 6.07) is 6.55. The van der Waals surface area contributed by atoms with Crippen LogP contribution in [0.15, 0.2) is 39.5 Å². The number of nitrogens with zero attached hydrogens (tertiary/aromatic N) is 1. The zero-order valence-electron chi connectivity index (χ0n) is 10.8. The van der Waals surface area contributed by atoms with Gasteiger partial charge in [0, 0.05) is 10.1 Å². The number of nitrogens with one attached hydrogen (secondary N) is 1. The van der Waals surface area contributed by atoms with E-state index in [0.29, 0.717) is 14.1 Å². The number of rotatable bonds is 3. The van der Waals surface area contributed by atoms with Crippen molar-refractivity contribution in [3.05, 3.63) is 46.5 Å². The van der Waals surface area contributed by atoms with Gasteiger partial charge >= 0.3 is 5.69 Å². The van der Waals surface area contributed by atoms with Crippen molar-refractivity contribution in [3.8, 4) is 5.88 Å². The van der Waals surface area contributed by atoms with Crippen LogP contribution in [0.5, 0.6) is 5.88 Å². The number of benzene rings is 1. The first-order chi connectivity index (χ1) is 10.3. The highest BCUT2D eigenvalue weighted by Gasteiger charge is 2.30. The van der Waals surface area contributed by atoms with Crippen molar-refractivity contribution in [3.63, 3.8) is 0 Å². The summed E-state index contributed by atoms with van der Waals surface area (Å²) in [6.45, 7) is 0. The number of aromatic nitrogens is 2. The smallest absolute Gasteiger partial charge is 0.342 e. The van der Waals surface area contributed by atoms with Crippen molar-refractivity contribution in [1.29, 1.82) is 0 Å². The molecule has 0 saturated carbocycles. The van der Waals surface area contributed by atoms with Crippen molar-refractivity contribution < 1.29 is 18.3 Å². The second-order valence-electron chi connectivity index (χ2n) is 4.37. The molecule has 0 spiro atoms. The first-order valence-corrected chi connectivity index (χ1v) is 8.15. The number of H-pyrrole nitrogens is 1. The van der Waals surface area contributed by atoms with Gasteiger partial charge in [0.05, 0.1) is 11.8 Å². The highest BCUT2D eigenvalue weighted by molar-refractivity contribution is 7.92. The molecule has 114 valence electrons. The third kappa shape index (κ3) is 2.00. The number of carbonyl (C=O) groups is 1. The zero-order chi connectivity index (χ0) is 16.1. The maximum absolute atomic E-state index is 12.6. The first-order valence-electron chi connectivity index (χ1n) is 5.90. The summed E-state index contributed by atoms with van der Waals surface area (Å²) in [5.41, 5.74) is 4.09. The van der Waals surface area contributed by atoms with E-state index in [2.05, 4.69) is 0 Å². The number of thiophene rings is 1. The number of amides is 1. The monoisotopic (exact) mass is 339 g/mol. The van der Waals surface area contributed by atoms with Crippen molar-refractivity contribution in [1.82, 2.24) is 8.96 Å². The fourth-order valence-corrected chi connectivity index (χ4v) is 5.09. The zero-order valence-corrected chi connectivity index (χ0v) is 12.4. The van der Waals surface area contributed by atoms with E-state index in [4.69, 9.17) is 5.73 Å². The molecule has 0 aliphatic carbocycles.